The summed E-state index contributed by atoms with van der Waals surface area (Å²) in [4.78, 5) is 3.93. The van der Waals surface area contributed by atoms with E-state index in [0.717, 1.165) is 0 Å². The number of guanidine groups is 1. The molecule has 0 unspecified atom stereocenters. The van der Waals surface area contributed by atoms with Crippen molar-refractivity contribution in [3.63, 3.8) is 0 Å². The Morgan fingerprint density at radius 2 is 1.78 bits per heavy atom. The highest BCUT2D eigenvalue weighted by Gasteiger charge is 2.14. The number of benzene rings is 2. The smallest absolute Gasteiger partial charge is 0.240 e. The lowest BCUT2D eigenvalue weighted by atomic mass is 10.2. The van der Waals surface area contributed by atoms with Crippen LogP contribution >= 0.6 is 0 Å². The molecule has 0 saturated heterocycles. The molecule has 2 rings (SSSR count). The number of nitrogens with two attached hydrogens (primary N) is 2. The predicted molar refractivity (Wildman–Crippen MR) is 86.4 cm³/mol. The molecule has 0 amide bonds. The summed E-state index contributed by atoms with van der Waals surface area (Å²) in [5, 5.41) is 0. The second-order valence-electron chi connectivity index (χ2n) is 4.84. The molecule has 6 nitrogen and oxygen atoms in total. The summed E-state index contributed by atoms with van der Waals surface area (Å²) in [6.45, 7) is 0.188. The first-order chi connectivity index (χ1) is 10.9. The molecule has 5 N–H and O–H groups in total. The third-order valence-electron chi connectivity index (χ3n) is 3.01. The topological polar surface area (TPSA) is 111 Å². The van der Waals surface area contributed by atoms with Crippen molar-refractivity contribution < 1.29 is 12.8 Å². The van der Waals surface area contributed by atoms with Crippen LogP contribution in [-0.4, -0.2) is 14.4 Å². The molecule has 0 aliphatic carbocycles. The number of rotatable bonds is 6. The van der Waals surface area contributed by atoms with Gasteiger partial charge in [0.2, 0.25) is 10.0 Å². The molecule has 0 heterocycles. The van der Waals surface area contributed by atoms with Crippen LogP contribution in [0.15, 0.2) is 58.4 Å². The van der Waals surface area contributed by atoms with E-state index in [1.165, 1.54) is 30.3 Å². The fourth-order valence-corrected chi connectivity index (χ4v) is 2.99. The lowest BCUT2D eigenvalue weighted by Crippen LogP contribution is -2.23. The number of aliphatic imine (C=N–C) groups is 1. The Bertz CT molecular complexity index is 818. The zero-order chi connectivity index (χ0) is 16.9. The van der Waals surface area contributed by atoms with Gasteiger partial charge in [0, 0.05) is 6.54 Å². The Labute approximate surface area is 134 Å². The Morgan fingerprint density at radius 3 is 2.48 bits per heavy atom. The number of sulfonamides is 1. The molecule has 0 aliphatic rings. The molecule has 8 heteroatoms. The molecule has 23 heavy (non-hydrogen) atoms. The molecule has 0 fully saturated rings. The third-order valence-corrected chi connectivity index (χ3v) is 4.41. The molecular formula is C15H17FN4O2S. The Morgan fingerprint density at radius 1 is 1.09 bits per heavy atom. The van der Waals surface area contributed by atoms with Gasteiger partial charge in [-0.3, -0.25) is 0 Å². The van der Waals surface area contributed by atoms with E-state index < -0.39 is 15.8 Å². The maximum absolute atomic E-state index is 13.1. The molecule has 0 spiro atoms. The Kier molecular flexibility index (Phi) is 5.30. The van der Waals surface area contributed by atoms with Crippen LogP contribution in [0.4, 0.5) is 4.39 Å². The van der Waals surface area contributed by atoms with E-state index in [1.807, 2.05) is 0 Å². The fraction of sp³-hybridized carbons (Fsp3) is 0.133. The molecule has 2 aromatic carbocycles. The van der Waals surface area contributed by atoms with Crippen molar-refractivity contribution in [1.29, 1.82) is 0 Å². The van der Waals surface area contributed by atoms with Crippen LogP contribution in [0.25, 0.3) is 0 Å². The quantitative estimate of drug-likeness (QED) is 0.541. The first-order valence-electron chi connectivity index (χ1n) is 6.75. The number of halogens is 1. The average Bonchev–Trinajstić information content (AvgIpc) is 2.51. The van der Waals surface area contributed by atoms with Crippen LogP contribution in [0.3, 0.4) is 0 Å². The van der Waals surface area contributed by atoms with E-state index >= 15 is 0 Å². The second kappa shape index (κ2) is 7.21. The third kappa shape index (κ3) is 5.04. The van der Waals surface area contributed by atoms with Gasteiger partial charge in [0.25, 0.3) is 0 Å². The molecular weight excluding hydrogens is 319 g/mol. The van der Waals surface area contributed by atoms with Crippen LogP contribution in [0, 0.1) is 5.82 Å². The molecule has 0 saturated carbocycles. The first kappa shape index (κ1) is 16.9. The zero-order valence-corrected chi connectivity index (χ0v) is 13.1. The Hall–Kier alpha value is -2.45. The van der Waals surface area contributed by atoms with Crippen LogP contribution < -0.4 is 16.2 Å². The standard InChI is InChI=1S/C15H17FN4O2S/c16-13-5-1-3-11(7-13)10-20-23(21,22)14-6-2-4-12(8-14)9-19-15(17)18/h1-8,20H,9-10H2,(H4,17,18,19). The molecule has 2 aromatic rings. The summed E-state index contributed by atoms with van der Waals surface area (Å²) in [5.74, 6) is -0.483. The van der Waals surface area contributed by atoms with Gasteiger partial charge in [-0.25, -0.2) is 22.5 Å². The van der Waals surface area contributed by atoms with Crippen molar-refractivity contribution in [3.05, 3.63) is 65.5 Å². The minimum Gasteiger partial charge on any atom is -0.370 e. The van der Waals surface area contributed by atoms with E-state index in [4.69, 9.17) is 11.5 Å². The summed E-state index contributed by atoms with van der Waals surface area (Å²) in [6, 6.07) is 12.0. The van der Waals surface area contributed by atoms with Crippen LogP contribution in [0.2, 0.25) is 0 Å². The molecule has 0 aromatic heterocycles. The first-order valence-corrected chi connectivity index (χ1v) is 8.23. The van der Waals surface area contributed by atoms with E-state index in [-0.39, 0.29) is 23.9 Å². The lowest BCUT2D eigenvalue weighted by molar-refractivity contribution is 0.580. The van der Waals surface area contributed by atoms with Gasteiger partial charge in [0.1, 0.15) is 5.82 Å². The summed E-state index contributed by atoms with van der Waals surface area (Å²) in [7, 11) is -3.72. The summed E-state index contributed by atoms with van der Waals surface area (Å²) >= 11 is 0. The maximum Gasteiger partial charge on any atom is 0.240 e. The zero-order valence-electron chi connectivity index (χ0n) is 12.2. The van der Waals surface area contributed by atoms with Crippen molar-refractivity contribution in [2.75, 3.05) is 0 Å². The van der Waals surface area contributed by atoms with Crippen molar-refractivity contribution in [3.8, 4) is 0 Å². The lowest BCUT2D eigenvalue weighted by Gasteiger charge is -2.08. The summed E-state index contributed by atoms with van der Waals surface area (Å²) in [5.41, 5.74) is 11.7. The second-order valence-corrected chi connectivity index (χ2v) is 6.61. The number of nitrogens with one attached hydrogen (secondary N) is 1. The molecule has 0 atom stereocenters. The van der Waals surface area contributed by atoms with E-state index in [0.29, 0.717) is 11.1 Å². The van der Waals surface area contributed by atoms with E-state index in [2.05, 4.69) is 9.71 Å². The average molecular weight is 336 g/mol. The van der Waals surface area contributed by atoms with Crippen LogP contribution in [-0.2, 0) is 23.1 Å². The van der Waals surface area contributed by atoms with Gasteiger partial charge in [-0.05, 0) is 35.4 Å². The predicted octanol–water partition coefficient (Wildman–Crippen LogP) is 1.08. The van der Waals surface area contributed by atoms with E-state index in [9.17, 15) is 12.8 Å². The monoisotopic (exact) mass is 336 g/mol. The van der Waals surface area contributed by atoms with Crippen molar-refractivity contribution in [1.82, 2.24) is 4.72 Å². The molecule has 0 bridgehead atoms. The molecule has 0 radical (unpaired) electrons. The van der Waals surface area contributed by atoms with Gasteiger partial charge < -0.3 is 11.5 Å². The highest BCUT2D eigenvalue weighted by atomic mass is 32.2. The molecule has 0 aliphatic heterocycles. The van der Waals surface area contributed by atoms with Crippen molar-refractivity contribution in [2.24, 2.45) is 16.5 Å². The van der Waals surface area contributed by atoms with Crippen LogP contribution in [0.1, 0.15) is 11.1 Å². The van der Waals surface area contributed by atoms with Gasteiger partial charge in [-0.2, -0.15) is 0 Å². The molecule has 122 valence electrons. The highest BCUT2D eigenvalue weighted by molar-refractivity contribution is 7.89. The number of nitrogens with zero attached hydrogens (tertiary/aromatic N) is 1. The number of hydrogen-bond acceptors (Lipinski definition) is 3. The van der Waals surface area contributed by atoms with Gasteiger partial charge in [-0.15, -0.1) is 0 Å². The van der Waals surface area contributed by atoms with E-state index in [1.54, 1.807) is 18.2 Å². The maximum atomic E-state index is 13.1. The SMILES string of the molecule is NC(N)=NCc1cccc(S(=O)(=O)NCc2cccc(F)c2)c1. The Balaban J connectivity index is 2.13. The normalized spacial score (nSPS) is 11.2. The largest absolute Gasteiger partial charge is 0.370 e. The van der Waals surface area contributed by atoms with Gasteiger partial charge in [0.15, 0.2) is 5.96 Å². The summed E-state index contributed by atoms with van der Waals surface area (Å²) in [6.07, 6.45) is 0. The number of hydrogen-bond donors (Lipinski definition) is 3. The van der Waals surface area contributed by atoms with Gasteiger partial charge >= 0.3 is 0 Å². The van der Waals surface area contributed by atoms with Gasteiger partial charge in [-0.1, -0.05) is 24.3 Å². The minimum absolute atomic E-state index is 0.00176. The van der Waals surface area contributed by atoms with Crippen molar-refractivity contribution >= 4 is 16.0 Å². The minimum atomic E-state index is -3.72. The fourth-order valence-electron chi connectivity index (χ4n) is 1.90. The van der Waals surface area contributed by atoms with Crippen molar-refractivity contribution in [2.45, 2.75) is 18.0 Å². The van der Waals surface area contributed by atoms with Crippen LogP contribution in [0.5, 0.6) is 0 Å². The highest BCUT2D eigenvalue weighted by Crippen LogP contribution is 2.13. The van der Waals surface area contributed by atoms with Gasteiger partial charge in [0.05, 0.1) is 11.4 Å². The summed E-state index contributed by atoms with van der Waals surface area (Å²) < 4.78 is 40.1.